The number of anilines is 1. The van der Waals surface area contributed by atoms with Crippen LogP contribution < -0.4 is 15.5 Å². The summed E-state index contributed by atoms with van der Waals surface area (Å²) in [5.74, 6) is 1.35. The predicted octanol–water partition coefficient (Wildman–Crippen LogP) is 6.49. The molecule has 0 amide bonds. The number of benzene rings is 3. The SMILES string of the molecule is OON/C=C(\c1cccc(OCC2CC2)c1)c1ccccc1NCc1cccc(C(F)(F)F)c1. The van der Waals surface area contributed by atoms with Crippen molar-refractivity contribution in [3.05, 3.63) is 101 Å². The van der Waals surface area contributed by atoms with Crippen molar-refractivity contribution < 1.29 is 28.2 Å². The van der Waals surface area contributed by atoms with Crippen LogP contribution in [0.4, 0.5) is 18.9 Å². The summed E-state index contributed by atoms with van der Waals surface area (Å²) >= 11 is 0. The van der Waals surface area contributed by atoms with Crippen molar-refractivity contribution in [3.63, 3.8) is 0 Å². The van der Waals surface area contributed by atoms with Gasteiger partial charge in [-0.2, -0.15) is 13.2 Å². The molecule has 0 aliphatic heterocycles. The van der Waals surface area contributed by atoms with E-state index in [1.807, 2.05) is 48.5 Å². The molecule has 3 aromatic rings. The average molecular weight is 470 g/mol. The lowest BCUT2D eigenvalue weighted by Gasteiger charge is -2.17. The quantitative estimate of drug-likeness (QED) is 0.234. The topological polar surface area (TPSA) is 62.8 Å². The summed E-state index contributed by atoms with van der Waals surface area (Å²) in [7, 11) is 0. The molecule has 0 aromatic heterocycles. The monoisotopic (exact) mass is 470 g/mol. The zero-order valence-corrected chi connectivity index (χ0v) is 18.3. The van der Waals surface area contributed by atoms with E-state index in [1.165, 1.54) is 25.1 Å². The lowest BCUT2D eigenvalue weighted by atomic mass is 9.97. The van der Waals surface area contributed by atoms with Crippen LogP contribution in [-0.2, 0) is 17.7 Å². The zero-order valence-electron chi connectivity index (χ0n) is 18.3. The van der Waals surface area contributed by atoms with Gasteiger partial charge in [-0.3, -0.25) is 0 Å². The van der Waals surface area contributed by atoms with E-state index in [-0.39, 0.29) is 6.54 Å². The first-order valence-electron chi connectivity index (χ1n) is 10.9. The summed E-state index contributed by atoms with van der Waals surface area (Å²) in [6.45, 7) is 0.873. The van der Waals surface area contributed by atoms with Crippen molar-refractivity contribution >= 4 is 11.3 Å². The number of ether oxygens (including phenoxy) is 1. The van der Waals surface area contributed by atoms with Gasteiger partial charge in [0.05, 0.1) is 12.2 Å². The molecule has 34 heavy (non-hydrogen) atoms. The molecular weight excluding hydrogens is 445 g/mol. The Hall–Kier alpha value is -3.49. The zero-order chi connectivity index (χ0) is 24.0. The number of alkyl halides is 3. The summed E-state index contributed by atoms with van der Waals surface area (Å²) in [6.07, 6.45) is -0.516. The van der Waals surface area contributed by atoms with E-state index in [9.17, 15) is 13.2 Å². The Kier molecular flexibility index (Phi) is 7.40. The molecule has 0 spiro atoms. The van der Waals surface area contributed by atoms with E-state index in [0.717, 1.165) is 29.0 Å². The smallest absolute Gasteiger partial charge is 0.416 e. The van der Waals surface area contributed by atoms with Crippen LogP contribution in [0.2, 0.25) is 0 Å². The Morgan fingerprint density at radius 2 is 1.79 bits per heavy atom. The highest BCUT2D eigenvalue weighted by Crippen LogP contribution is 2.34. The molecule has 0 atom stereocenters. The molecule has 5 nitrogen and oxygen atoms in total. The van der Waals surface area contributed by atoms with E-state index < -0.39 is 11.7 Å². The van der Waals surface area contributed by atoms with Crippen molar-refractivity contribution in [2.45, 2.75) is 25.6 Å². The molecule has 0 unspecified atom stereocenters. The van der Waals surface area contributed by atoms with Crippen LogP contribution >= 0.6 is 0 Å². The van der Waals surface area contributed by atoms with Gasteiger partial charge < -0.3 is 10.1 Å². The number of halogens is 3. The molecule has 3 N–H and O–H groups in total. The van der Waals surface area contributed by atoms with E-state index in [4.69, 9.17) is 9.99 Å². The van der Waals surface area contributed by atoms with Gasteiger partial charge in [-0.15, -0.1) is 4.99 Å². The van der Waals surface area contributed by atoms with Crippen molar-refractivity contribution in [1.29, 1.82) is 0 Å². The Labute approximate surface area is 195 Å². The Bertz CT molecular complexity index is 1140. The molecule has 0 saturated heterocycles. The van der Waals surface area contributed by atoms with Gasteiger partial charge in [0.2, 0.25) is 0 Å². The highest BCUT2D eigenvalue weighted by atomic mass is 19.4. The van der Waals surface area contributed by atoms with Gasteiger partial charge in [0.25, 0.3) is 0 Å². The molecule has 1 fully saturated rings. The van der Waals surface area contributed by atoms with E-state index in [0.29, 0.717) is 29.3 Å². The third kappa shape index (κ3) is 6.30. The second-order valence-corrected chi connectivity index (χ2v) is 8.15. The largest absolute Gasteiger partial charge is 0.493 e. The Morgan fingerprint density at radius 3 is 2.56 bits per heavy atom. The van der Waals surface area contributed by atoms with Crippen LogP contribution in [-0.4, -0.2) is 11.9 Å². The molecule has 178 valence electrons. The lowest BCUT2D eigenvalue weighted by Crippen LogP contribution is -2.08. The van der Waals surface area contributed by atoms with Crippen LogP contribution in [0.1, 0.15) is 35.1 Å². The molecule has 3 aromatic carbocycles. The summed E-state index contributed by atoms with van der Waals surface area (Å²) in [5.41, 5.74) is 5.14. The van der Waals surface area contributed by atoms with Crippen molar-refractivity contribution in [1.82, 2.24) is 5.48 Å². The predicted molar refractivity (Wildman–Crippen MR) is 124 cm³/mol. The third-order valence-electron chi connectivity index (χ3n) is 5.54. The van der Waals surface area contributed by atoms with Gasteiger partial charge in [0.15, 0.2) is 0 Å². The number of rotatable bonds is 10. The van der Waals surface area contributed by atoms with Crippen LogP contribution in [0.3, 0.4) is 0 Å². The first kappa shape index (κ1) is 23.7. The van der Waals surface area contributed by atoms with Crippen LogP contribution in [0.15, 0.2) is 79.0 Å². The highest BCUT2D eigenvalue weighted by Gasteiger charge is 2.30. The maximum atomic E-state index is 13.1. The number of para-hydroxylation sites is 1. The fraction of sp³-hybridized carbons (Fsp3) is 0.231. The van der Waals surface area contributed by atoms with Crippen molar-refractivity contribution in [2.75, 3.05) is 11.9 Å². The van der Waals surface area contributed by atoms with Gasteiger partial charge in [0.1, 0.15) is 5.75 Å². The number of nitrogens with one attached hydrogen (secondary N) is 2. The van der Waals surface area contributed by atoms with Crippen LogP contribution in [0.5, 0.6) is 5.75 Å². The minimum absolute atomic E-state index is 0.197. The average Bonchev–Trinajstić information content (AvgIpc) is 3.67. The summed E-state index contributed by atoms with van der Waals surface area (Å²) < 4.78 is 45.1. The number of hydroxylamine groups is 1. The first-order chi connectivity index (χ1) is 16.4. The number of hydrogen-bond donors (Lipinski definition) is 3. The van der Waals surface area contributed by atoms with Crippen molar-refractivity contribution in [3.8, 4) is 5.75 Å². The van der Waals surface area contributed by atoms with Gasteiger partial charge in [-0.05, 0) is 60.2 Å². The molecule has 1 aliphatic rings. The maximum Gasteiger partial charge on any atom is 0.416 e. The van der Waals surface area contributed by atoms with Gasteiger partial charge in [-0.25, -0.2) is 10.7 Å². The Morgan fingerprint density at radius 1 is 1.00 bits per heavy atom. The maximum absolute atomic E-state index is 13.1. The van der Waals surface area contributed by atoms with E-state index in [2.05, 4.69) is 15.8 Å². The minimum Gasteiger partial charge on any atom is -0.493 e. The molecule has 0 radical (unpaired) electrons. The highest BCUT2D eigenvalue weighted by molar-refractivity contribution is 5.86. The molecule has 0 bridgehead atoms. The molecule has 1 aliphatic carbocycles. The summed E-state index contributed by atoms with van der Waals surface area (Å²) in [4.78, 5) is 4.06. The van der Waals surface area contributed by atoms with Gasteiger partial charge in [-0.1, -0.05) is 42.5 Å². The number of hydrogen-bond acceptors (Lipinski definition) is 5. The fourth-order valence-corrected chi connectivity index (χ4v) is 3.58. The fourth-order valence-electron chi connectivity index (χ4n) is 3.58. The van der Waals surface area contributed by atoms with Gasteiger partial charge in [0, 0.05) is 29.6 Å². The van der Waals surface area contributed by atoms with Crippen LogP contribution in [0.25, 0.3) is 5.57 Å². The standard InChI is InChI=1S/C26H25F3N2O3/c27-26(28,29)21-7-3-5-19(13-21)15-30-25-10-2-1-9-23(25)24(16-31-34-32)20-6-4-8-22(14-20)33-17-18-11-12-18/h1-10,13-14,16,18,30-32H,11-12,15,17H2/b24-16+. The molecule has 0 heterocycles. The second-order valence-electron chi connectivity index (χ2n) is 8.15. The van der Waals surface area contributed by atoms with Crippen LogP contribution in [0, 0.1) is 5.92 Å². The van der Waals surface area contributed by atoms with Crippen molar-refractivity contribution in [2.24, 2.45) is 5.92 Å². The van der Waals surface area contributed by atoms with E-state index >= 15 is 0 Å². The van der Waals surface area contributed by atoms with Gasteiger partial charge >= 0.3 is 6.18 Å². The molecule has 1 saturated carbocycles. The third-order valence-corrected chi connectivity index (χ3v) is 5.54. The summed E-state index contributed by atoms with van der Waals surface area (Å²) in [5, 5.41) is 12.1. The first-order valence-corrected chi connectivity index (χ1v) is 10.9. The molecule has 4 rings (SSSR count). The lowest BCUT2D eigenvalue weighted by molar-refractivity contribution is -0.279. The van der Waals surface area contributed by atoms with E-state index in [1.54, 1.807) is 6.07 Å². The second kappa shape index (κ2) is 10.6. The normalized spacial score (nSPS) is 14.1. The Balaban J connectivity index is 1.59. The minimum atomic E-state index is -4.40. The molecular formula is C26H25F3N2O3. The summed E-state index contributed by atoms with van der Waals surface area (Å²) in [6, 6.07) is 20.2. The molecule has 8 heteroatoms.